The number of ether oxygens (including phenoxy) is 1. The average Bonchev–Trinajstić information content (AvgIpc) is 3.02. The van der Waals surface area contributed by atoms with E-state index >= 15 is 0 Å². The van der Waals surface area contributed by atoms with Gasteiger partial charge in [-0.3, -0.25) is 4.79 Å². The predicted octanol–water partition coefficient (Wildman–Crippen LogP) is 2.84. The van der Waals surface area contributed by atoms with Crippen molar-refractivity contribution in [1.29, 1.82) is 0 Å². The molecule has 0 aromatic heterocycles. The van der Waals surface area contributed by atoms with Gasteiger partial charge < -0.3 is 10.1 Å². The molecule has 1 aliphatic carbocycles. The molecule has 3 unspecified atom stereocenters. The third kappa shape index (κ3) is 2.64. The van der Waals surface area contributed by atoms with Crippen LogP contribution in [0, 0.1) is 5.92 Å². The molecule has 19 heavy (non-hydrogen) atoms. The van der Waals surface area contributed by atoms with E-state index in [1.807, 2.05) is 24.3 Å². The quantitative estimate of drug-likeness (QED) is 0.869. The molecule has 1 saturated carbocycles. The third-order valence-corrected chi connectivity index (χ3v) is 5.33. The molecule has 0 bridgehead atoms. The van der Waals surface area contributed by atoms with Gasteiger partial charge in [0.25, 0.3) is 0 Å². The minimum atomic E-state index is -0.147. The van der Waals surface area contributed by atoms with Gasteiger partial charge in [-0.05, 0) is 24.8 Å². The SMILES string of the molecule is O=C(NCC1CCCC1Br)C1COc2ccccc21. The van der Waals surface area contributed by atoms with Crippen LogP contribution in [0.25, 0.3) is 0 Å². The van der Waals surface area contributed by atoms with Crippen LogP contribution in [0.5, 0.6) is 5.75 Å². The van der Waals surface area contributed by atoms with Crippen molar-refractivity contribution in [3.63, 3.8) is 0 Å². The fourth-order valence-electron chi connectivity index (χ4n) is 2.96. The van der Waals surface area contributed by atoms with E-state index in [0.717, 1.165) is 17.9 Å². The molecule has 1 aromatic rings. The number of nitrogens with one attached hydrogen (secondary N) is 1. The summed E-state index contributed by atoms with van der Waals surface area (Å²) in [5, 5.41) is 3.09. The maximum atomic E-state index is 12.3. The van der Waals surface area contributed by atoms with Gasteiger partial charge in [0, 0.05) is 16.9 Å². The number of carbonyl (C=O) groups excluding carboxylic acids is 1. The highest BCUT2D eigenvalue weighted by molar-refractivity contribution is 9.09. The molecule has 0 saturated heterocycles. The summed E-state index contributed by atoms with van der Waals surface area (Å²) in [4.78, 5) is 12.8. The first-order valence-corrected chi connectivity index (χ1v) is 7.81. The van der Waals surface area contributed by atoms with Gasteiger partial charge in [-0.2, -0.15) is 0 Å². The minimum absolute atomic E-state index is 0.0940. The molecule has 0 radical (unpaired) electrons. The minimum Gasteiger partial charge on any atom is -0.492 e. The fraction of sp³-hybridized carbons (Fsp3) is 0.533. The summed E-state index contributed by atoms with van der Waals surface area (Å²) in [7, 11) is 0. The first-order valence-electron chi connectivity index (χ1n) is 6.89. The Balaban J connectivity index is 1.60. The van der Waals surface area contributed by atoms with Crippen LogP contribution < -0.4 is 10.1 Å². The van der Waals surface area contributed by atoms with Gasteiger partial charge in [0.1, 0.15) is 18.3 Å². The fourth-order valence-corrected chi connectivity index (χ4v) is 3.73. The van der Waals surface area contributed by atoms with E-state index in [1.165, 1.54) is 19.3 Å². The second-order valence-corrected chi connectivity index (χ2v) is 6.53. The number of carbonyl (C=O) groups is 1. The van der Waals surface area contributed by atoms with Crippen molar-refractivity contribution in [2.24, 2.45) is 5.92 Å². The van der Waals surface area contributed by atoms with Crippen molar-refractivity contribution >= 4 is 21.8 Å². The molecular weight excluding hydrogens is 306 g/mol. The second kappa shape index (κ2) is 5.53. The molecule has 102 valence electrons. The molecule has 1 aromatic carbocycles. The number of hydrogen-bond donors (Lipinski definition) is 1. The number of benzene rings is 1. The molecule has 3 nitrogen and oxygen atoms in total. The summed E-state index contributed by atoms with van der Waals surface area (Å²) in [6.07, 6.45) is 3.68. The van der Waals surface area contributed by atoms with E-state index in [-0.39, 0.29) is 11.8 Å². The van der Waals surface area contributed by atoms with E-state index in [1.54, 1.807) is 0 Å². The molecule has 1 aliphatic heterocycles. The molecule has 2 aliphatic rings. The van der Waals surface area contributed by atoms with Crippen molar-refractivity contribution in [2.45, 2.75) is 30.0 Å². The Morgan fingerprint density at radius 3 is 3.00 bits per heavy atom. The number of para-hydroxylation sites is 1. The van der Waals surface area contributed by atoms with Crippen LogP contribution in [-0.2, 0) is 4.79 Å². The van der Waals surface area contributed by atoms with Gasteiger partial charge in [-0.25, -0.2) is 0 Å². The summed E-state index contributed by atoms with van der Waals surface area (Å²) in [5.41, 5.74) is 1.02. The maximum absolute atomic E-state index is 12.3. The standard InChI is InChI=1S/C15H18BrNO2/c16-13-6-3-4-10(13)8-17-15(18)12-9-19-14-7-2-1-5-11(12)14/h1-2,5,7,10,12-13H,3-4,6,8-9H2,(H,17,18). The normalized spacial score (nSPS) is 28.8. The first-order chi connectivity index (χ1) is 9.25. The molecular formula is C15H18BrNO2. The van der Waals surface area contributed by atoms with Gasteiger partial charge in [0.15, 0.2) is 0 Å². The van der Waals surface area contributed by atoms with Crippen LogP contribution in [0.15, 0.2) is 24.3 Å². The van der Waals surface area contributed by atoms with Gasteiger partial charge in [-0.1, -0.05) is 40.5 Å². The largest absolute Gasteiger partial charge is 0.492 e. The van der Waals surface area contributed by atoms with Gasteiger partial charge in [-0.15, -0.1) is 0 Å². The van der Waals surface area contributed by atoms with Crippen molar-refractivity contribution in [1.82, 2.24) is 5.32 Å². The number of fused-ring (bicyclic) bond motifs is 1. The highest BCUT2D eigenvalue weighted by Gasteiger charge is 2.31. The maximum Gasteiger partial charge on any atom is 0.231 e. The van der Waals surface area contributed by atoms with E-state index in [2.05, 4.69) is 21.2 Å². The number of rotatable bonds is 3. The van der Waals surface area contributed by atoms with Gasteiger partial charge in [0.2, 0.25) is 5.91 Å². The molecule has 1 N–H and O–H groups in total. The lowest BCUT2D eigenvalue weighted by atomic mass is 10.00. The van der Waals surface area contributed by atoms with Crippen LogP contribution in [-0.4, -0.2) is 23.9 Å². The highest BCUT2D eigenvalue weighted by Crippen LogP contribution is 2.34. The summed E-state index contributed by atoms with van der Waals surface area (Å²) in [6.45, 7) is 1.24. The Labute approximate surface area is 121 Å². The smallest absolute Gasteiger partial charge is 0.231 e. The van der Waals surface area contributed by atoms with E-state index in [9.17, 15) is 4.79 Å². The van der Waals surface area contributed by atoms with Crippen LogP contribution in [0.2, 0.25) is 0 Å². The summed E-state index contributed by atoms with van der Waals surface area (Å²) < 4.78 is 5.56. The molecule has 1 amide bonds. The summed E-state index contributed by atoms with van der Waals surface area (Å²) in [5.74, 6) is 1.37. The molecule has 1 heterocycles. The monoisotopic (exact) mass is 323 g/mol. The van der Waals surface area contributed by atoms with Crippen LogP contribution >= 0.6 is 15.9 Å². The van der Waals surface area contributed by atoms with Crippen molar-refractivity contribution in [2.75, 3.05) is 13.2 Å². The Kier molecular flexibility index (Phi) is 3.78. The van der Waals surface area contributed by atoms with Gasteiger partial charge >= 0.3 is 0 Å². The van der Waals surface area contributed by atoms with Crippen LogP contribution in [0.3, 0.4) is 0 Å². The second-order valence-electron chi connectivity index (χ2n) is 5.35. The molecule has 0 spiro atoms. The van der Waals surface area contributed by atoms with Crippen molar-refractivity contribution in [3.05, 3.63) is 29.8 Å². The summed E-state index contributed by atoms with van der Waals surface area (Å²) >= 11 is 3.69. The zero-order valence-corrected chi connectivity index (χ0v) is 12.4. The van der Waals surface area contributed by atoms with Crippen molar-refractivity contribution in [3.8, 4) is 5.75 Å². The number of hydrogen-bond acceptors (Lipinski definition) is 2. The zero-order valence-electron chi connectivity index (χ0n) is 10.8. The Hall–Kier alpha value is -1.03. The number of halogens is 1. The lowest BCUT2D eigenvalue weighted by molar-refractivity contribution is -0.122. The molecule has 3 atom stereocenters. The lowest BCUT2D eigenvalue weighted by Gasteiger charge is -2.16. The molecule has 1 fully saturated rings. The number of alkyl halides is 1. The highest BCUT2D eigenvalue weighted by atomic mass is 79.9. The molecule has 4 heteroatoms. The van der Waals surface area contributed by atoms with Gasteiger partial charge in [0.05, 0.1) is 0 Å². The average molecular weight is 324 g/mol. The topological polar surface area (TPSA) is 38.3 Å². The van der Waals surface area contributed by atoms with E-state index < -0.39 is 0 Å². The Bertz CT molecular complexity index is 477. The third-order valence-electron chi connectivity index (χ3n) is 4.12. The van der Waals surface area contributed by atoms with Crippen LogP contribution in [0.4, 0.5) is 0 Å². The lowest BCUT2D eigenvalue weighted by Crippen LogP contribution is -2.35. The Morgan fingerprint density at radius 2 is 2.21 bits per heavy atom. The number of amides is 1. The zero-order chi connectivity index (χ0) is 13.2. The summed E-state index contributed by atoms with van der Waals surface area (Å²) in [6, 6.07) is 7.80. The predicted molar refractivity (Wildman–Crippen MR) is 77.7 cm³/mol. The van der Waals surface area contributed by atoms with Crippen molar-refractivity contribution < 1.29 is 9.53 Å². The Morgan fingerprint density at radius 1 is 1.37 bits per heavy atom. The van der Waals surface area contributed by atoms with E-state index in [0.29, 0.717) is 17.4 Å². The van der Waals surface area contributed by atoms with Crippen LogP contribution in [0.1, 0.15) is 30.7 Å². The first kappa shape index (κ1) is 13.0. The van der Waals surface area contributed by atoms with E-state index in [4.69, 9.17) is 4.74 Å². The molecule has 3 rings (SSSR count).